The molecule has 168 valence electrons. The number of hydrogen-bond donors (Lipinski definition) is 1. The van der Waals surface area contributed by atoms with Gasteiger partial charge in [0.05, 0.1) is 16.7 Å². The molecule has 6 nitrogen and oxygen atoms in total. The number of hydrogen-bond acceptors (Lipinski definition) is 6. The summed E-state index contributed by atoms with van der Waals surface area (Å²) in [6.45, 7) is 1.90. The maximum absolute atomic E-state index is 13.2. The third-order valence-electron chi connectivity index (χ3n) is 4.57. The molecule has 2 aromatic carbocycles. The summed E-state index contributed by atoms with van der Waals surface area (Å²) in [5, 5.41) is 3.52. The van der Waals surface area contributed by atoms with Gasteiger partial charge in [-0.1, -0.05) is 41.7 Å². The number of aromatic nitrogens is 3. The van der Waals surface area contributed by atoms with Crippen molar-refractivity contribution in [2.24, 2.45) is 0 Å². The molecule has 4 aromatic rings. The number of fused-ring (bicyclic) bond motifs is 1. The van der Waals surface area contributed by atoms with Crippen LogP contribution in [0.2, 0.25) is 0 Å². The van der Waals surface area contributed by atoms with Crippen molar-refractivity contribution in [3.05, 3.63) is 82.8 Å². The number of nitrogens with one attached hydrogen (secondary N) is 1. The van der Waals surface area contributed by atoms with Crippen molar-refractivity contribution in [2.75, 3.05) is 11.1 Å². The van der Waals surface area contributed by atoms with E-state index in [0.29, 0.717) is 44.2 Å². The van der Waals surface area contributed by atoms with Gasteiger partial charge in [0.15, 0.2) is 5.16 Å². The molecule has 33 heavy (non-hydrogen) atoms. The van der Waals surface area contributed by atoms with Crippen LogP contribution < -0.4 is 10.9 Å². The van der Waals surface area contributed by atoms with Gasteiger partial charge in [0.2, 0.25) is 5.91 Å². The Bertz CT molecular complexity index is 1340. The number of alkyl halides is 2. The quantitative estimate of drug-likeness (QED) is 0.289. The van der Waals surface area contributed by atoms with E-state index in [2.05, 4.69) is 15.3 Å². The first-order valence-electron chi connectivity index (χ1n) is 9.83. The highest BCUT2D eigenvalue weighted by atomic mass is 32.2. The van der Waals surface area contributed by atoms with E-state index in [1.807, 2.05) is 13.0 Å². The molecule has 1 amide bonds. The SMILES string of the molecule is Cc1ccc(-n2c(SCC(=O)Nc3ccc(SC(F)F)cc3)nc3ccccc3c2=O)nc1. The summed E-state index contributed by atoms with van der Waals surface area (Å²) in [5.41, 5.74) is 1.70. The van der Waals surface area contributed by atoms with Crippen molar-refractivity contribution < 1.29 is 13.6 Å². The summed E-state index contributed by atoms with van der Waals surface area (Å²) in [4.78, 5) is 35.0. The maximum atomic E-state index is 13.2. The number of nitrogens with zero attached hydrogens (tertiary/aromatic N) is 3. The van der Waals surface area contributed by atoms with E-state index in [4.69, 9.17) is 0 Å². The summed E-state index contributed by atoms with van der Waals surface area (Å²) in [6.07, 6.45) is 1.66. The molecule has 0 saturated carbocycles. The van der Waals surface area contributed by atoms with Crippen LogP contribution in [0.3, 0.4) is 0 Å². The molecular formula is C23H18F2N4O2S2. The number of pyridine rings is 1. The Balaban J connectivity index is 1.56. The summed E-state index contributed by atoms with van der Waals surface area (Å²) < 4.78 is 26.3. The smallest absolute Gasteiger partial charge is 0.288 e. The van der Waals surface area contributed by atoms with Crippen molar-refractivity contribution in [3.8, 4) is 5.82 Å². The Kier molecular flexibility index (Phi) is 7.05. The van der Waals surface area contributed by atoms with E-state index in [-0.39, 0.29) is 17.2 Å². The number of anilines is 1. The van der Waals surface area contributed by atoms with Crippen molar-refractivity contribution in [3.63, 3.8) is 0 Å². The summed E-state index contributed by atoms with van der Waals surface area (Å²) >= 11 is 1.55. The minimum absolute atomic E-state index is 0.00974. The van der Waals surface area contributed by atoms with E-state index in [1.165, 1.54) is 16.7 Å². The molecule has 0 bridgehead atoms. The molecule has 0 fully saturated rings. The molecule has 0 saturated heterocycles. The molecule has 1 N–H and O–H groups in total. The first-order chi connectivity index (χ1) is 15.9. The fourth-order valence-electron chi connectivity index (χ4n) is 3.05. The highest BCUT2D eigenvalue weighted by Crippen LogP contribution is 2.26. The zero-order chi connectivity index (χ0) is 23.4. The average molecular weight is 485 g/mol. The van der Waals surface area contributed by atoms with Crippen molar-refractivity contribution in [1.82, 2.24) is 14.5 Å². The molecule has 0 aliphatic rings. The van der Waals surface area contributed by atoms with Crippen LogP contribution in [0.1, 0.15) is 5.56 Å². The number of benzene rings is 2. The van der Waals surface area contributed by atoms with Gasteiger partial charge in [-0.05, 0) is 55.0 Å². The first kappa shape index (κ1) is 22.9. The number of carbonyl (C=O) groups is 1. The maximum Gasteiger partial charge on any atom is 0.288 e. The Labute approximate surface area is 196 Å². The molecule has 2 heterocycles. The van der Waals surface area contributed by atoms with Gasteiger partial charge in [-0.2, -0.15) is 8.78 Å². The van der Waals surface area contributed by atoms with Crippen LogP contribution in [0.4, 0.5) is 14.5 Å². The fourth-order valence-corrected chi connectivity index (χ4v) is 4.35. The van der Waals surface area contributed by atoms with Crippen LogP contribution in [0.5, 0.6) is 0 Å². The normalized spacial score (nSPS) is 11.2. The first-order valence-corrected chi connectivity index (χ1v) is 11.7. The number of amides is 1. The number of carbonyl (C=O) groups excluding carboxylic acids is 1. The minimum atomic E-state index is -2.50. The predicted molar refractivity (Wildman–Crippen MR) is 128 cm³/mol. The summed E-state index contributed by atoms with van der Waals surface area (Å²) in [5.74, 6) is -2.42. The highest BCUT2D eigenvalue weighted by molar-refractivity contribution is 8.00. The molecule has 0 spiro atoms. The molecule has 4 rings (SSSR count). The van der Waals surface area contributed by atoms with Gasteiger partial charge < -0.3 is 5.32 Å². The van der Waals surface area contributed by atoms with E-state index in [0.717, 1.165) is 17.3 Å². The molecular weight excluding hydrogens is 466 g/mol. The lowest BCUT2D eigenvalue weighted by molar-refractivity contribution is -0.113. The standard InChI is InChI=1S/C23H18F2N4O2S2/c1-14-6-11-19(26-12-14)29-21(31)17-4-2-3-5-18(17)28-23(29)32-13-20(30)27-15-7-9-16(10-8-15)33-22(24)25/h2-12,22H,13H2,1H3,(H,27,30). The Morgan fingerprint density at radius 3 is 2.55 bits per heavy atom. The topological polar surface area (TPSA) is 76.9 Å². The van der Waals surface area contributed by atoms with Gasteiger partial charge in [-0.3, -0.25) is 9.59 Å². The number of halogens is 2. The second-order valence-corrected chi connectivity index (χ2v) is 8.99. The van der Waals surface area contributed by atoms with E-state index >= 15 is 0 Å². The largest absolute Gasteiger partial charge is 0.325 e. The zero-order valence-corrected chi connectivity index (χ0v) is 19.0. The van der Waals surface area contributed by atoms with Crippen LogP contribution >= 0.6 is 23.5 Å². The molecule has 0 aliphatic heterocycles. The Morgan fingerprint density at radius 2 is 1.85 bits per heavy atom. The lowest BCUT2D eigenvalue weighted by atomic mass is 10.2. The van der Waals surface area contributed by atoms with Crippen molar-refractivity contribution in [1.29, 1.82) is 0 Å². The Morgan fingerprint density at radius 1 is 1.09 bits per heavy atom. The van der Waals surface area contributed by atoms with Crippen LogP contribution in [0, 0.1) is 6.92 Å². The second kappa shape index (κ2) is 10.1. The van der Waals surface area contributed by atoms with Crippen LogP contribution in [0.25, 0.3) is 16.7 Å². The van der Waals surface area contributed by atoms with E-state index in [9.17, 15) is 18.4 Å². The number of aryl methyl sites for hydroxylation is 1. The lowest BCUT2D eigenvalue weighted by Gasteiger charge is -2.13. The molecule has 0 aliphatic carbocycles. The van der Waals surface area contributed by atoms with Gasteiger partial charge in [0, 0.05) is 16.8 Å². The minimum Gasteiger partial charge on any atom is -0.325 e. The average Bonchev–Trinajstić information content (AvgIpc) is 2.80. The van der Waals surface area contributed by atoms with Gasteiger partial charge in [0.25, 0.3) is 11.3 Å². The third kappa shape index (κ3) is 5.58. The van der Waals surface area contributed by atoms with Crippen LogP contribution in [0.15, 0.2) is 81.7 Å². The number of para-hydroxylation sites is 1. The van der Waals surface area contributed by atoms with Crippen molar-refractivity contribution in [2.45, 2.75) is 22.7 Å². The van der Waals surface area contributed by atoms with E-state index < -0.39 is 5.76 Å². The van der Waals surface area contributed by atoms with Gasteiger partial charge >= 0.3 is 0 Å². The molecule has 0 radical (unpaired) electrons. The van der Waals surface area contributed by atoms with E-state index in [1.54, 1.807) is 48.7 Å². The van der Waals surface area contributed by atoms with Crippen molar-refractivity contribution >= 4 is 46.0 Å². The van der Waals surface area contributed by atoms with Gasteiger partial charge in [-0.25, -0.2) is 14.5 Å². The lowest BCUT2D eigenvalue weighted by Crippen LogP contribution is -2.23. The Hall–Kier alpha value is -3.24. The van der Waals surface area contributed by atoms with Gasteiger partial charge in [-0.15, -0.1) is 0 Å². The fraction of sp³-hybridized carbons (Fsp3) is 0.130. The monoisotopic (exact) mass is 484 g/mol. The number of rotatable bonds is 7. The zero-order valence-electron chi connectivity index (χ0n) is 17.4. The molecule has 0 unspecified atom stereocenters. The summed E-state index contributed by atoms with van der Waals surface area (Å²) in [7, 11) is 0. The molecule has 10 heteroatoms. The molecule has 2 aromatic heterocycles. The second-order valence-electron chi connectivity index (χ2n) is 6.99. The highest BCUT2D eigenvalue weighted by Gasteiger charge is 2.16. The predicted octanol–water partition coefficient (Wildman–Crippen LogP) is 5.13. The number of thioether (sulfide) groups is 2. The molecule has 0 atom stereocenters. The van der Waals surface area contributed by atoms with Crippen LogP contribution in [-0.4, -0.2) is 32.0 Å². The third-order valence-corrected chi connectivity index (χ3v) is 6.23. The van der Waals surface area contributed by atoms with Gasteiger partial charge in [0.1, 0.15) is 5.82 Å². The summed E-state index contributed by atoms with van der Waals surface area (Å²) in [6, 6.07) is 16.7. The van der Waals surface area contributed by atoms with Crippen LogP contribution in [-0.2, 0) is 4.79 Å².